The van der Waals surface area contributed by atoms with Crippen LogP contribution in [-0.4, -0.2) is 14.2 Å². The zero-order valence-corrected chi connectivity index (χ0v) is 12.0. The molecule has 2 aromatic carbocycles. The summed E-state index contributed by atoms with van der Waals surface area (Å²) in [4.78, 5) is 0. The molecule has 0 atom stereocenters. The van der Waals surface area contributed by atoms with Gasteiger partial charge in [-0.15, -0.1) is 0 Å². The van der Waals surface area contributed by atoms with Gasteiger partial charge in [-0.3, -0.25) is 0 Å². The molecule has 0 aliphatic carbocycles. The van der Waals surface area contributed by atoms with E-state index < -0.39 is 0 Å². The van der Waals surface area contributed by atoms with Crippen molar-refractivity contribution in [1.82, 2.24) is 0 Å². The highest BCUT2D eigenvalue weighted by Gasteiger charge is 2.10. The van der Waals surface area contributed by atoms with Gasteiger partial charge in [0.2, 0.25) is 0 Å². The zero-order valence-electron chi connectivity index (χ0n) is 12.0. The molecule has 0 spiro atoms. The summed E-state index contributed by atoms with van der Waals surface area (Å²) in [6, 6.07) is 13.4. The van der Waals surface area contributed by atoms with Gasteiger partial charge in [0, 0.05) is 6.54 Å². The second kappa shape index (κ2) is 6.53. The minimum absolute atomic E-state index is 0.347. The number of methoxy groups -OCH3 is 2. The van der Waals surface area contributed by atoms with Crippen LogP contribution >= 0.6 is 0 Å². The summed E-state index contributed by atoms with van der Waals surface area (Å²) in [5.74, 6) is 1.31. The van der Waals surface area contributed by atoms with E-state index in [1.165, 1.54) is 7.11 Å². The van der Waals surface area contributed by atoms with E-state index in [1.54, 1.807) is 19.2 Å². The monoisotopic (exact) mass is 283 g/mol. The summed E-state index contributed by atoms with van der Waals surface area (Å²) in [6.45, 7) is 0.588. The molecule has 0 heterocycles. The normalized spacial score (nSPS) is 9.76. The summed E-state index contributed by atoms with van der Waals surface area (Å²) in [6.07, 6.45) is 0. The minimum Gasteiger partial charge on any atom is -0.497 e. The van der Waals surface area contributed by atoms with Crippen molar-refractivity contribution in [3.05, 3.63) is 47.5 Å². The van der Waals surface area contributed by atoms with Gasteiger partial charge in [-0.1, -0.05) is 12.1 Å². The van der Waals surface area contributed by atoms with Gasteiger partial charge in [-0.2, -0.15) is 5.26 Å². The number of nitrogens with two attached hydrogens (primary N) is 1. The Morgan fingerprint density at radius 1 is 1.10 bits per heavy atom. The first-order chi connectivity index (χ1) is 10.2. The molecule has 0 fully saturated rings. The molecule has 0 unspecified atom stereocenters. The quantitative estimate of drug-likeness (QED) is 0.825. The standard InChI is InChI=1S/C16H17N3O2/c1-20-12-5-3-11(4-6-12)10-19-14-7-8-15(21-2)16(18)13(14)9-17/h3-8,19H,10,18H2,1-2H3. The number of ether oxygens (including phenoxy) is 2. The van der Waals surface area contributed by atoms with E-state index in [-0.39, 0.29) is 0 Å². The van der Waals surface area contributed by atoms with Gasteiger partial charge in [0.1, 0.15) is 23.1 Å². The van der Waals surface area contributed by atoms with Gasteiger partial charge in [0.05, 0.1) is 25.6 Å². The van der Waals surface area contributed by atoms with E-state index in [1.807, 2.05) is 24.3 Å². The van der Waals surface area contributed by atoms with Crippen molar-refractivity contribution in [2.24, 2.45) is 0 Å². The molecule has 2 rings (SSSR count). The summed E-state index contributed by atoms with van der Waals surface area (Å²) in [5.41, 5.74) is 8.41. The van der Waals surface area contributed by atoms with Crippen LogP contribution in [0, 0.1) is 11.3 Å². The van der Waals surface area contributed by atoms with E-state index in [0.29, 0.717) is 29.2 Å². The molecule has 21 heavy (non-hydrogen) atoms. The van der Waals surface area contributed by atoms with Crippen LogP contribution in [-0.2, 0) is 6.54 Å². The van der Waals surface area contributed by atoms with Crippen LogP contribution in [0.15, 0.2) is 36.4 Å². The van der Waals surface area contributed by atoms with Crippen molar-refractivity contribution in [2.45, 2.75) is 6.54 Å². The lowest BCUT2D eigenvalue weighted by atomic mass is 10.1. The number of nitrogens with zero attached hydrogens (tertiary/aromatic N) is 1. The topological polar surface area (TPSA) is 80.3 Å². The molecule has 0 aliphatic rings. The lowest BCUT2D eigenvalue weighted by molar-refractivity contribution is 0.414. The highest BCUT2D eigenvalue weighted by Crippen LogP contribution is 2.30. The molecule has 5 nitrogen and oxygen atoms in total. The number of hydrogen-bond acceptors (Lipinski definition) is 5. The van der Waals surface area contributed by atoms with Crippen LogP contribution in [0.2, 0.25) is 0 Å². The number of rotatable bonds is 5. The molecule has 108 valence electrons. The third-order valence-corrected chi connectivity index (χ3v) is 3.18. The predicted molar refractivity (Wildman–Crippen MR) is 82.4 cm³/mol. The fourth-order valence-electron chi connectivity index (χ4n) is 1.99. The summed E-state index contributed by atoms with van der Waals surface area (Å²) < 4.78 is 10.2. The largest absolute Gasteiger partial charge is 0.497 e. The van der Waals surface area contributed by atoms with Crippen molar-refractivity contribution >= 4 is 11.4 Å². The second-order valence-corrected chi connectivity index (χ2v) is 4.42. The van der Waals surface area contributed by atoms with Crippen molar-refractivity contribution < 1.29 is 9.47 Å². The molecule has 0 saturated heterocycles. The number of nitriles is 1. The zero-order chi connectivity index (χ0) is 15.2. The van der Waals surface area contributed by atoms with E-state index >= 15 is 0 Å². The van der Waals surface area contributed by atoms with Gasteiger partial charge in [-0.05, 0) is 29.8 Å². The minimum atomic E-state index is 0.347. The Labute approximate surface area is 123 Å². The maximum absolute atomic E-state index is 9.24. The Kier molecular flexibility index (Phi) is 4.52. The maximum Gasteiger partial charge on any atom is 0.143 e. The Bertz CT molecular complexity index is 660. The van der Waals surface area contributed by atoms with Gasteiger partial charge in [0.15, 0.2) is 0 Å². The van der Waals surface area contributed by atoms with Crippen molar-refractivity contribution in [1.29, 1.82) is 5.26 Å². The lowest BCUT2D eigenvalue weighted by Crippen LogP contribution is -2.04. The first-order valence-corrected chi connectivity index (χ1v) is 6.43. The summed E-state index contributed by atoms with van der Waals surface area (Å²) in [5, 5.41) is 12.5. The van der Waals surface area contributed by atoms with Crippen LogP contribution in [0.3, 0.4) is 0 Å². The molecule has 3 N–H and O–H groups in total. The maximum atomic E-state index is 9.24. The van der Waals surface area contributed by atoms with E-state index in [9.17, 15) is 5.26 Å². The molecule has 5 heteroatoms. The van der Waals surface area contributed by atoms with Crippen molar-refractivity contribution in [3.8, 4) is 17.6 Å². The molecular formula is C16H17N3O2. The molecule has 0 bridgehead atoms. The Hall–Kier alpha value is -2.87. The fourth-order valence-corrected chi connectivity index (χ4v) is 1.99. The Morgan fingerprint density at radius 3 is 2.38 bits per heavy atom. The van der Waals surface area contributed by atoms with Gasteiger partial charge < -0.3 is 20.5 Å². The van der Waals surface area contributed by atoms with Crippen LogP contribution in [0.5, 0.6) is 11.5 Å². The molecule has 0 aliphatic heterocycles. The third kappa shape index (κ3) is 3.18. The number of hydrogen-bond donors (Lipinski definition) is 2. The van der Waals surface area contributed by atoms with Gasteiger partial charge >= 0.3 is 0 Å². The summed E-state index contributed by atoms with van der Waals surface area (Å²) >= 11 is 0. The molecule has 0 amide bonds. The van der Waals surface area contributed by atoms with Crippen LogP contribution in [0.1, 0.15) is 11.1 Å². The van der Waals surface area contributed by atoms with E-state index in [4.69, 9.17) is 15.2 Å². The smallest absolute Gasteiger partial charge is 0.143 e. The lowest BCUT2D eigenvalue weighted by Gasteiger charge is -2.12. The first-order valence-electron chi connectivity index (χ1n) is 6.43. The fraction of sp³-hybridized carbons (Fsp3) is 0.188. The average Bonchev–Trinajstić information content (AvgIpc) is 2.53. The third-order valence-electron chi connectivity index (χ3n) is 3.18. The highest BCUT2D eigenvalue weighted by molar-refractivity contribution is 5.74. The van der Waals surface area contributed by atoms with Crippen molar-refractivity contribution in [2.75, 3.05) is 25.3 Å². The number of benzene rings is 2. The number of nitrogens with one attached hydrogen (secondary N) is 1. The summed E-state index contributed by atoms with van der Waals surface area (Å²) in [7, 11) is 3.16. The van der Waals surface area contributed by atoms with Crippen molar-refractivity contribution in [3.63, 3.8) is 0 Å². The van der Waals surface area contributed by atoms with Crippen LogP contribution in [0.4, 0.5) is 11.4 Å². The SMILES string of the molecule is COc1ccc(CNc2ccc(OC)c(N)c2C#N)cc1. The van der Waals surface area contributed by atoms with Crippen LogP contribution < -0.4 is 20.5 Å². The molecule has 2 aromatic rings. The van der Waals surface area contributed by atoms with E-state index in [2.05, 4.69) is 11.4 Å². The van der Waals surface area contributed by atoms with Gasteiger partial charge in [-0.25, -0.2) is 0 Å². The number of nitrogen functional groups attached to an aromatic ring is 1. The second-order valence-electron chi connectivity index (χ2n) is 4.42. The Morgan fingerprint density at radius 2 is 1.81 bits per heavy atom. The Balaban J connectivity index is 2.16. The molecule has 0 radical (unpaired) electrons. The van der Waals surface area contributed by atoms with Gasteiger partial charge in [0.25, 0.3) is 0 Å². The van der Waals surface area contributed by atoms with E-state index in [0.717, 1.165) is 11.3 Å². The molecule has 0 saturated carbocycles. The van der Waals surface area contributed by atoms with Crippen LogP contribution in [0.25, 0.3) is 0 Å². The highest BCUT2D eigenvalue weighted by atomic mass is 16.5. The predicted octanol–water partition coefficient (Wildman–Crippen LogP) is 2.77. The first kappa shape index (κ1) is 14.5. The molecular weight excluding hydrogens is 266 g/mol. The molecule has 0 aromatic heterocycles. The average molecular weight is 283 g/mol. The number of anilines is 2.